The first-order chi connectivity index (χ1) is 9.27. The molecular weight excluding hydrogens is 240 g/mol. The molecular formula is C15H22N2O2. The third-order valence-electron chi connectivity index (χ3n) is 4.18. The summed E-state index contributed by atoms with van der Waals surface area (Å²) in [6, 6.07) is 6.84. The van der Waals surface area contributed by atoms with Crippen molar-refractivity contribution in [2.45, 2.75) is 43.9 Å². The van der Waals surface area contributed by atoms with Gasteiger partial charge in [0.05, 0.1) is 17.9 Å². The molecule has 3 atom stereocenters. The lowest BCUT2D eigenvalue weighted by Gasteiger charge is -2.38. The number of nitrogens with zero attached hydrogens (tertiary/aromatic N) is 1. The highest BCUT2D eigenvalue weighted by atomic mass is 16.6. The maximum Gasteiger partial charge on any atom is 0.0951 e. The second-order valence-corrected chi connectivity index (χ2v) is 5.67. The van der Waals surface area contributed by atoms with Gasteiger partial charge in [-0.1, -0.05) is 6.07 Å². The molecule has 0 aromatic carbocycles. The maximum atomic E-state index is 5.96. The molecule has 2 aliphatic rings. The Morgan fingerprint density at radius 1 is 1.42 bits per heavy atom. The summed E-state index contributed by atoms with van der Waals surface area (Å²) < 4.78 is 11.5. The van der Waals surface area contributed by atoms with E-state index in [4.69, 9.17) is 9.47 Å². The molecule has 3 heterocycles. The average Bonchev–Trinajstić information content (AvgIpc) is 2.88. The number of ether oxygens (including phenoxy) is 2. The summed E-state index contributed by atoms with van der Waals surface area (Å²) in [5.74, 6) is 0. The summed E-state index contributed by atoms with van der Waals surface area (Å²) in [5, 5.41) is 3.69. The molecule has 1 aromatic heterocycles. The second kappa shape index (κ2) is 5.57. The molecule has 19 heavy (non-hydrogen) atoms. The molecule has 2 aliphatic heterocycles. The molecule has 0 saturated carbocycles. The Morgan fingerprint density at radius 3 is 3.11 bits per heavy atom. The number of aromatic nitrogens is 1. The minimum absolute atomic E-state index is 0.0280. The molecule has 1 spiro atoms. The number of hydrogen-bond acceptors (Lipinski definition) is 4. The van der Waals surface area contributed by atoms with E-state index >= 15 is 0 Å². The van der Waals surface area contributed by atoms with Crippen LogP contribution in [-0.2, 0) is 9.47 Å². The fourth-order valence-corrected chi connectivity index (χ4v) is 3.10. The molecule has 0 radical (unpaired) electrons. The molecule has 104 valence electrons. The van der Waals surface area contributed by atoms with Crippen molar-refractivity contribution in [2.75, 3.05) is 19.8 Å². The van der Waals surface area contributed by atoms with Gasteiger partial charge >= 0.3 is 0 Å². The summed E-state index contributed by atoms with van der Waals surface area (Å²) >= 11 is 0. The van der Waals surface area contributed by atoms with Gasteiger partial charge in [0.15, 0.2) is 0 Å². The van der Waals surface area contributed by atoms with E-state index in [1.54, 1.807) is 0 Å². The van der Waals surface area contributed by atoms with Crippen LogP contribution in [0.25, 0.3) is 0 Å². The Bertz CT molecular complexity index is 404. The average molecular weight is 262 g/mol. The molecule has 3 unspecified atom stereocenters. The van der Waals surface area contributed by atoms with Gasteiger partial charge in [-0.25, -0.2) is 0 Å². The standard InChI is InChI=1S/C15H22N2O2/c1-12(14-4-2-3-7-16-14)17-13-5-8-19-15(10-13)6-9-18-11-15/h2-4,7,12-13,17H,5-6,8-11H2,1H3. The van der Waals surface area contributed by atoms with E-state index in [1.807, 2.05) is 18.3 Å². The van der Waals surface area contributed by atoms with Crippen LogP contribution in [0.4, 0.5) is 0 Å². The van der Waals surface area contributed by atoms with E-state index in [1.165, 1.54) is 0 Å². The van der Waals surface area contributed by atoms with Crippen LogP contribution in [0.15, 0.2) is 24.4 Å². The normalized spacial score (nSPS) is 32.6. The number of pyridine rings is 1. The zero-order chi connectivity index (χ0) is 13.1. The first-order valence-corrected chi connectivity index (χ1v) is 7.16. The molecule has 0 bridgehead atoms. The van der Waals surface area contributed by atoms with Crippen molar-refractivity contribution in [3.8, 4) is 0 Å². The Labute approximate surface area is 114 Å². The van der Waals surface area contributed by atoms with Gasteiger partial charge in [-0.05, 0) is 31.9 Å². The minimum atomic E-state index is -0.0280. The van der Waals surface area contributed by atoms with Gasteiger partial charge in [0, 0.05) is 37.9 Å². The van der Waals surface area contributed by atoms with Crippen molar-refractivity contribution in [2.24, 2.45) is 0 Å². The first kappa shape index (κ1) is 13.0. The molecule has 0 aliphatic carbocycles. The predicted molar refractivity (Wildman–Crippen MR) is 72.9 cm³/mol. The predicted octanol–water partition coefficient (Wildman–Crippen LogP) is 2.07. The van der Waals surface area contributed by atoms with E-state index < -0.39 is 0 Å². The monoisotopic (exact) mass is 262 g/mol. The van der Waals surface area contributed by atoms with Crippen LogP contribution in [0.5, 0.6) is 0 Å². The molecule has 2 saturated heterocycles. The largest absolute Gasteiger partial charge is 0.378 e. The van der Waals surface area contributed by atoms with Gasteiger partial charge in [0.1, 0.15) is 0 Å². The van der Waals surface area contributed by atoms with E-state index in [0.29, 0.717) is 6.04 Å². The highest BCUT2D eigenvalue weighted by molar-refractivity contribution is 5.08. The highest BCUT2D eigenvalue weighted by Crippen LogP contribution is 2.33. The molecule has 3 rings (SSSR count). The Balaban J connectivity index is 1.60. The lowest BCUT2D eigenvalue weighted by atomic mass is 9.89. The van der Waals surface area contributed by atoms with Gasteiger partial charge in [-0.3, -0.25) is 4.98 Å². The maximum absolute atomic E-state index is 5.96. The van der Waals surface area contributed by atoms with Crippen molar-refractivity contribution >= 4 is 0 Å². The molecule has 1 aromatic rings. The van der Waals surface area contributed by atoms with Crippen LogP contribution in [0.3, 0.4) is 0 Å². The Hall–Kier alpha value is -0.970. The van der Waals surface area contributed by atoms with Crippen molar-refractivity contribution in [1.82, 2.24) is 10.3 Å². The summed E-state index contributed by atoms with van der Waals surface area (Å²) in [6.45, 7) is 4.59. The van der Waals surface area contributed by atoms with Crippen molar-refractivity contribution in [3.63, 3.8) is 0 Å². The topological polar surface area (TPSA) is 43.4 Å². The summed E-state index contributed by atoms with van der Waals surface area (Å²) in [5.41, 5.74) is 1.07. The van der Waals surface area contributed by atoms with Crippen molar-refractivity contribution < 1.29 is 9.47 Å². The number of rotatable bonds is 3. The Kier molecular flexibility index (Phi) is 3.82. The zero-order valence-electron chi connectivity index (χ0n) is 11.5. The SMILES string of the molecule is CC(NC1CCOC2(CCOC2)C1)c1ccccn1. The van der Waals surface area contributed by atoms with Gasteiger partial charge in [0.25, 0.3) is 0 Å². The summed E-state index contributed by atoms with van der Waals surface area (Å²) in [4.78, 5) is 4.41. The Morgan fingerprint density at radius 2 is 2.37 bits per heavy atom. The van der Waals surface area contributed by atoms with Crippen LogP contribution in [0.2, 0.25) is 0 Å². The lowest BCUT2D eigenvalue weighted by molar-refractivity contribution is -0.0902. The van der Waals surface area contributed by atoms with Gasteiger partial charge in [0.2, 0.25) is 0 Å². The first-order valence-electron chi connectivity index (χ1n) is 7.16. The van der Waals surface area contributed by atoms with Crippen LogP contribution in [0.1, 0.15) is 37.9 Å². The van der Waals surface area contributed by atoms with Crippen LogP contribution >= 0.6 is 0 Å². The quantitative estimate of drug-likeness (QED) is 0.905. The molecule has 1 N–H and O–H groups in total. The summed E-state index contributed by atoms with van der Waals surface area (Å²) in [7, 11) is 0. The molecule has 4 heteroatoms. The van der Waals surface area contributed by atoms with Crippen LogP contribution in [-0.4, -0.2) is 36.4 Å². The summed E-state index contributed by atoms with van der Waals surface area (Å²) in [6.07, 6.45) is 5.00. The van der Waals surface area contributed by atoms with Crippen LogP contribution in [0, 0.1) is 0 Å². The zero-order valence-corrected chi connectivity index (χ0v) is 11.5. The van der Waals surface area contributed by atoms with Gasteiger partial charge in [-0.2, -0.15) is 0 Å². The molecule has 0 amide bonds. The lowest BCUT2D eigenvalue weighted by Crippen LogP contribution is -2.48. The second-order valence-electron chi connectivity index (χ2n) is 5.67. The molecule has 2 fully saturated rings. The van der Waals surface area contributed by atoms with E-state index in [0.717, 1.165) is 44.8 Å². The number of hydrogen-bond donors (Lipinski definition) is 1. The van der Waals surface area contributed by atoms with Crippen molar-refractivity contribution in [3.05, 3.63) is 30.1 Å². The van der Waals surface area contributed by atoms with E-state index in [2.05, 4.69) is 23.3 Å². The van der Waals surface area contributed by atoms with E-state index in [-0.39, 0.29) is 11.6 Å². The number of nitrogens with one attached hydrogen (secondary N) is 1. The van der Waals surface area contributed by atoms with Crippen molar-refractivity contribution in [1.29, 1.82) is 0 Å². The van der Waals surface area contributed by atoms with Crippen LogP contribution < -0.4 is 5.32 Å². The third-order valence-corrected chi connectivity index (χ3v) is 4.18. The highest BCUT2D eigenvalue weighted by Gasteiger charge is 2.41. The fraction of sp³-hybridized carbons (Fsp3) is 0.667. The molecule has 4 nitrogen and oxygen atoms in total. The van der Waals surface area contributed by atoms with E-state index in [9.17, 15) is 0 Å². The van der Waals surface area contributed by atoms with Gasteiger partial charge in [-0.15, -0.1) is 0 Å². The third kappa shape index (κ3) is 2.96. The minimum Gasteiger partial charge on any atom is -0.378 e. The van der Waals surface area contributed by atoms with Gasteiger partial charge < -0.3 is 14.8 Å². The fourth-order valence-electron chi connectivity index (χ4n) is 3.10. The smallest absolute Gasteiger partial charge is 0.0951 e.